The fourth-order valence-electron chi connectivity index (χ4n) is 1.71. The second-order valence-corrected chi connectivity index (χ2v) is 4.61. The van der Waals surface area contributed by atoms with Crippen LogP contribution in [0, 0.1) is 0 Å². The van der Waals surface area contributed by atoms with E-state index < -0.39 is 11.9 Å². The molecule has 0 atom stereocenters. The van der Waals surface area contributed by atoms with Gasteiger partial charge in [0.25, 0.3) is 0 Å². The average molecular weight is 332 g/mol. The summed E-state index contributed by atoms with van der Waals surface area (Å²) in [5.74, 6) is -1.23. The van der Waals surface area contributed by atoms with Crippen LogP contribution in [-0.4, -0.2) is 11.9 Å². The number of rotatable bonds is 8. The Morgan fingerprint density at radius 1 is 0.917 bits per heavy atom. The summed E-state index contributed by atoms with van der Waals surface area (Å²) < 4.78 is 10.2. The number of benzene rings is 1. The molecule has 0 heterocycles. The Balaban J connectivity index is 3.32. The summed E-state index contributed by atoms with van der Waals surface area (Å²) >= 11 is 0. The molecule has 0 N–H and O–H groups in total. The number of carbonyl (C=O) groups excluding carboxylic acids is 2. The van der Waals surface area contributed by atoms with Crippen molar-refractivity contribution in [2.45, 2.75) is 39.5 Å². The van der Waals surface area contributed by atoms with Gasteiger partial charge in [0.2, 0.25) is 0 Å². The Labute approximate surface area is 137 Å². The summed E-state index contributed by atoms with van der Waals surface area (Å²) in [7, 11) is 0. The number of carbonyl (C=O) groups is 2. The van der Waals surface area contributed by atoms with Crippen molar-refractivity contribution >= 4 is 23.3 Å². The normalized spacial score (nSPS) is 9.42. The highest BCUT2D eigenvalue weighted by Gasteiger charge is 2.15. The molecule has 0 saturated heterocycles. The standard InChI is InChI=1S/C14H16N6O4/c1-3-5-13(21)23-11-7-10(18-20-16)12(8-9(11)17-19-15)24-14(22)6-4-2/h7-8H,3-6H2,1-2H3. The Bertz CT molecular complexity index is 658. The first-order chi connectivity index (χ1) is 11.5. The SMILES string of the molecule is CCCC(=O)Oc1cc(N=[N+]=[N-])c(OC(=O)CCC)cc1N=[N+]=[N-]. The highest BCUT2D eigenvalue weighted by molar-refractivity contribution is 5.79. The van der Waals surface area contributed by atoms with Crippen molar-refractivity contribution in [1.82, 2.24) is 0 Å². The maximum absolute atomic E-state index is 11.6. The van der Waals surface area contributed by atoms with Crippen molar-refractivity contribution in [1.29, 1.82) is 0 Å². The molecule has 0 aliphatic carbocycles. The van der Waals surface area contributed by atoms with Crippen molar-refractivity contribution in [2.75, 3.05) is 0 Å². The highest BCUT2D eigenvalue weighted by Crippen LogP contribution is 2.40. The van der Waals surface area contributed by atoms with Gasteiger partial charge in [0.15, 0.2) is 0 Å². The zero-order valence-electron chi connectivity index (χ0n) is 13.3. The Morgan fingerprint density at radius 3 is 1.58 bits per heavy atom. The summed E-state index contributed by atoms with van der Waals surface area (Å²) in [5, 5.41) is 6.82. The van der Waals surface area contributed by atoms with E-state index in [1.807, 2.05) is 0 Å². The molecular weight excluding hydrogens is 316 g/mol. The molecule has 0 aliphatic rings. The average Bonchev–Trinajstić information content (AvgIpc) is 2.52. The van der Waals surface area contributed by atoms with Crippen LogP contribution in [0.25, 0.3) is 20.9 Å². The Morgan fingerprint density at radius 2 is 1.29 bits per heavy atom. The van der Waals surface area contributed by atoms with Gasteiger partial charge in [-0.2, -0.15) is 0 Å². The van der Waals surface area contributed by atoms with E-state index in [1.165, 1.54) is 12.1 Å². The molecule has 10 nitrogen and oxygen atoms in total. The number of ether oxygens (including phenoxy) is 2. The van der Waals surface area contributed by atoms with Gasteiger partial charge < -0.3 is 9.47 Å². The third kappa shape index (κ3) is 5.53. The van der Waals surface area contributed by atoms with E-state index in [2.05, 4.69) is 20.1 Å². The summed E-state index contributed by atoms with van der Waals surface area (Å²) in [5.41, 5.74) is 17.2. The van der Waals surface area contributed by atoms with E-state index in [0.717, 1.165) is 0 Å². The monoisotopic (exact) mass is 332 g/mol. The molecule has 0 radical (unpaired) electrons. The maximum Gasteiger partial charge on any atom is 0.311 e. The molecule has 0 saturated carbocycles. The minimum Gasteiger partial charge on any atom is -0.426 e. The fraction of sp³-hybridized carbons (Fsp3) is 0.429. The van der Waals surface area contributed by atoms with E-state index in [1.54, 1.807) is 13.8 Å². The van der Waals surface area contributed by atoms with E-state index in [4.69, 9.17) is 20.5 Å². The van der Waals surface area contributed by atoms with Crippen molar-refractivity contribution in [3.05, 3.63) is 33.0 Å². The molecule has 10 heteroatoms. The van der Waals surface area contributed by atoms with Gasteiger partial charge in [0, 0.05) is 22.7 Å². The highest BCUT2D eigenvalue weighted by atomic mass is 16.5. The minimum absolute atomic E-state index is 0.0573. The Kier molecular flexibility index (Phi) is 7.63. The van der Waals surface area contributed by atoms with Gasteiger partial charge >= 0.3 is 11.9 Å². The van der Waals surface area contributed by atoms with Crippen LogP contribution < -0.4 is 9.47 Å². The fourth-order valence-corrected chi connectivity index (χ4v) is 1.71. The lowest BCUT2D eigenvalue weighted by Gasteiger charge is -2.11. The summed E-state index contributed by atoms with van der Waals surface area (Å²) in [6.07, 6.45) is 1.48. The molecule has 24 heavy (non-hydrogen) atoms. The number of azide groups is 2. The van der Waals surface area contributed by atoms with E-state index in [0.29, 0.717) is 12.8 Å². The molecule has 1 aromatic carbocycles. The predicted octanol–water partition coefficient (Wildman–Crippen LogP) is 4.98. The summed E-state index contributed by atoms with van der Waals surface area (Å²) in [6.45, 7) is 3.61. The quantitative estimate of drug-likeness (QED) is 0.217. The van der Waals surface area contributed by atoms with Crippen LogP contribution >= 0.6 is 0 Å². The van der Waals surface area contributed by atoms with Gasteiger partial charge in [-0.05, 0) is 36.0 Å². The molecule has 0 amide bonds. The molecule has 1 aromatic rings. The van der Waals surface area contributed by atoms with Gasteiger partial charge in [0.1, 0.15) is 11.5 Å². The minimum atomic E-state index is -0.533. The third-order valence-corrected chi connectivity index (χ3v) is 2.70. The van der Waals surface area contributed by atoms with E-state index in [9.17, 15) is 9.59 Å². The van der Waals surface area contributed by atoms with Gasteiger partial charge in [-0.1, -0.05) is 24.1 Å². The lowest BCUT2D eigenvalue weighted by molar-refractivity contribution is -0.135. The molecule has 0 aromatic heterocycles. The van der Waals surface area contributed by atoms with Crippen molar-refractivity contribution < 1.29 is 19.1 Å². The van der Waals surface area contributed by atoms with Gasteiger partial charge in [0.05, 0.1) is 11.4 Å². The molecule has 0 fully saturated rings. The van der Waals surface area contributed by atoms with Crippen LogP contribution in [0.2, 0.25) is 0 Å². The smallest absolute Gasteiger partial charge is 0.311 e. The summed E-state index contributed by atoms with van der Waals surface area (Å²) in [6, 6.07) is 2.37. The molecule has 0 bridgehead atoms. The second kappa shape index (κ2) is 9.73. The molecule has 1 rings (SSSR count). The van der Waals surface area contributed by atoms with Gasteiger partial charge in [-0.3, -0.25) is 9.59 Å². The second-order valence-electron chi connectivity index (χ2n) is 4.61. The van der Waals surface area contributed by atoms with Crippen LogP contribution in [0.15, 0.2) is 22.4 Å². The first kappa shape index (κ1) is 18.8. The maximum atomic E-state index is 11.6. The van der Waals surface area contributed by atoms with Gasteiger partial charge in [-0.15, -0.1) is 0 Å². The first-order valence-corrected chi connectivity index (χ1v) is 7.25. The van der Waals surface area contributed by atoms with Crippen LogP contribution in [0.3, 0.4) is 0 Å². The number of hydrogen-bond donors (Lipinski definition) is 0. The molecule has 0 spiro atoms. The van der Waals surface area contributed by atoms with E-state index in [-0.39, 0.29) is 35.7 Å². The van der Waals surface area contributed by atoms with Crippen LogP contribution in [0.5, 0.6) is 11.5 Å². The lowest BCUT2D eigenvalue weighted by Crippen LogP contribution is -2.09. The molecule has 126 valence electrons. The topological polar surface area (TPSA) is 150 Å². The third-order valence-electron chi connectivity index (χ3n) is 2.70. The van der Waals surface area contributed by atoms with Crippen molar-refractivity contribution in [2.24, 2.45) is 10.2 Å². The number of nitrogens with zero attached hydrogens (tertiary/aromatic N) is 6. The van der Waals surface area contributed by atoms with E-state index >= 15 is 0 Å². The molecule has 0 unspecified atom stereocenters. The van der Waals surface area contributed by atoms with Crippen LogP contribution in [0.1, 0.15) is 39.5 Å². The van der Waals surface area contributed by atoms with Gasteiger partial charge in [-0.25, -0.2) is 0 Å². The summed E-state index contributed by atoms with van der Waals surface area (Å²) in [4.78, 5) is 28.6. The van der Waals surface area contributed by atoms with Crippen LogP contribution in [-0.2, 0) is 9.59 Å². The zero-order chi connectivity index (χ0) is 17.9. The van der Waals surface area contributed by atoms with Crippen LogP contribution in [0.4, 0.5) is 11.4 Å². The zero-order valence-corrected chi connectivity index (χ0v) is 13.3. The lowest BCUT2D eigenvalue weighted by atomic mass is 10.2. The molecular formula is C14H16N6O4. The predicted molar refractivity (Wildman–Crippen MR) is 85.1 cm³/mol. The largest absolute Gasteiger partial charge is 0.426 e. The number of esters is 2. The Hall–Kier alpha value is -3.22. The van der Waals surface area contributed by atoms with Crippen molar-refractivity contribution in [3.8, 4) is 11.5 Å². The molecule has 0 aliphatic heterocycles. The first-order valence-electron chi connectivity index (χ1n) is 7.25. The van der Waals surface area contributed by atoms with Crippen molar-refractivity contribution in [3.63, 3.8) is 0 Å². The number of hydrogen-bond acceptors (Lipinski definition) is 6.